The molecule has 0 heterocycles. The Morgan fingerprint density at radius 2 is 1.54 bits per heavy atom. The second-order valence-electron chi connectivity index (χ2n) is 7.20. The smallest absolute Gasteiger partial charge is 0.343 e. The molecule has 1 aliphatic carbocycles. The zero-order valence-corrected chi connectivity index (χ0v) is 16.5. The Hall–Kier alpha value is -1.84. The average molecular weight is 363 g/mol. The van der Waals surface area contributed by atoms with E-state index in [2.05, 4.69) is 26.0 Å². The molecule has 2 unspecified atom stereocenters. The Morgan fingerprint density at radius 3 is 2.08 bits per heavy atom. The van der Waals surface area contributed by atoms with Crippen LogP contribution in [-0.2, 0) is 9.59 Å². The van der Waals surface area contributed by atoms with Gasteiger partial charge in [-0.1, -0.05) is 77.2 Å². The first-order chi connectivity index (χ1) is 12.4. The van der Waals surface area contributed by atoms with Crippen LogP contribution < -0.4 is 0 Å². The minimum absolute atomic E-state index is 0.152. The quantitative estimate of drug-likeness (QED) is 0.263. The molecule has 2 N–H and O–H groups in total. The normalized spacial score (nSPS) is 21.6. The van der Waals surface area contributed by atoms with Gasteiger partial charge in [0, 0.05) is 5.41 Å². The molecule has 0 aromatic rings. The van der Waals surface area contributed by atoms with E-state index in [9.17, 15) is 19.8 Å². The fraction of sp³-hybridized carbons (Fsp3) is 0.636. The van der Waals surface area contributed by atoms with E-state index in [1.165, 1.54) is 0 Å². The molecule has 0 fully saturated rings. The fourth-order valence-electron chi connectivity index (χ4n) is 4.01. The summed E-state index contributed by atoms with van der Waals surface area (Å²) < 4.78 is 0. The van der Waals surface area contributed by atoms with Crippen LogP contribution in [0.2, 0.25) is 0 Å². The van der Waals surface area contributed by atoms with E-state index in [0.717, 1.165) is 51.4 Å². The van der Waals surface area contributed by atoms with Crippen molar-refractivity contribution in [1.29, 1.82) is 0 Å². The van der Waals surface area contributed by atoms with Gasteiger partial charge < -0.3 is 10.2 Å². The Kier molecular flexibility index (Phi) is 9.39. The van der Waals surface area contributed by atoms with Gasteiger partial charge in [-0.15, -0.1) is 0 Å². The second-order valence-corrected chi connectivity index (χ2v) is 7.20. The lowest BCUT2D eigenvalue weighted by Gasteiger charge is -2.42. The summed E-state index contributed by atoms with van der Waals surface area (Å²) >= 11 is 0. The standard InChI is InChI=1S/C22H34O4/c1-4-7-12-17-13-10-11-16-22(17,15-9-6-3)18(14-8-5-2)19(20(23)24)21(25)26/h10-11,13,16-17H,4-9,12,14-15H2,1-3H3,(H,23,24)(H,25,26). The maximum absolute atomic E-state index is 11.8. The molecule has 1 rings (SSSR count). The molecule has 0 spiro atoms. The summed E-state index contributed by atoms with van der Waals surface area (Å²) in [7, 11) is 0. The summed E-state index contributed by atoms with van der Waals surface area (Å²) in [5.74, 6) is -2.49. The SMILES string of the molecule is CCCCC(=C(C(=O)O)C(=O)O)C1(CCCC)C=CC=CC1CCCC. The molecule has 4 nitrogen and oxygen atoms in total. The van der Waals surface area contributed by atoms with Crippen molar-refractivity contribution in [2.45, 2.75) is 78.6 Å². The third-order valence-electron chi connectivity index (χ3n) is 5.39. The number of hydrogen-bond donors (Lipinski definition) is 2. The number of carbonyl (C=O) groups is 2. The zero-order valence-electron chi connectivity index (χ0n) is 16.5. The lowest BCUT2D eigenvalue weighted by Crippen LogP contribution is -2.34. The fourth-order valence-corrected chi connectivity index (χ4v) is 4.01. The van der Waals surface area contributed by atoms with Crippen LogP contribution in [0.1, 0.15) is 78.6 Å². The van der Waals surface area contributed by atoms with E-state index in [0.29, 0.717) is 12.0 Å². The molecule has 0 aromatic heterocycles. The van der Waals surface area contributed by atoms with Gasteiger partial charge in [0.05, 0.1) is 0 Å². The third-order valence-corrected chi connectivity index (χ3v) is 5.39. The summed E-state index contributed by atoms with van der Waals surface area (Å²) in [6, 6.07) is 0. The summed E-state index contributed by atoms with van der Waals surface area (Å²) in [5.41, 5.74) is -0.313. The van der Waals surface area contributed by atoms with E-state index in [1.54, 1.807) is 0 Å². The highest BCUT2D eigenvalue weighted by molar-refractivity contribution is 6.13. The number of rotatable bonds is 12. The molecule has 1 aliphatic rings. The predicted molar refractivity (Wildman–Crippen MR) is 105 cm³/mol. The highest BCUT2D eigenvalue weighted by Gasteiger charge is 2.42. The monoisotopic (exact) mass is 362 g/mol. The summed E-state index contributed by atoms with van der Waals surface area (Å²) in [5, 5.41) is 19.3. The Bertz CT molecular complexity index is 555. The lowest BCUT2D eigenvalue weighted by molar-refractivity contribution is -0.140. The molecule has 146 valence electrons. The number of aliphatic carboxylic acids is 2. The van der Waals surface area contributed by atoms with Crippen LogP contribution in [0.3, 0.4) is 0 Å². The molecule has 0 aliphatic heterocycles. The first kappa shape index (κ1) is 22.2. The Morgan fingerprint density at radius 1 is 0.923 bits per heavy atom. The second kappa shape index (κ2) is 11.0. The Labute approximate surface area is 157 Å². The maximum Gasteiger partial charge on any atom is 0.343 e. The van der Waals surface area contributed by atoms with E-state index in [-0.39, 0.29) is 5.92 Å². The number of allylic oxidation sites excluding steroid dienone is 5. The van der Waals surface area contributed by atoms with Gasteiger partial charge in [-0.2, -0.15) is 0 Å². The van der Waals surface area contributed by atoms with Gasteiger partial charge in [0.15, 0.2) is 0 Å². The topological polar surface area (TPSA) is 74.6 Å². The molecule has 0 aromatic carbocycles. The lowest BCUT2D eigenvalue weighted by atomic mass is 9.61. The number of hydrogen-bond acceptors (Lipinski definition) is 2. The van der Waals surface area contributed by atoms with Crippen LogP contribution in [-0.4, -0.2) is 22.2 Å². The van der Waals surface area contributed by atoms with Gasteiger partial charge in [-0.3, -0.25) is 0 Å². The molecule has 2 atom stereocenters. The van der Waals surface area contributed by atoms with Crippen molar-refractivity contribution in [3.05, 3.63) is 35.5 Å². The van der Waals surface area contributed by atoms with Gasteiger partial charge in [0.25, 0.3) is 0 Å². The van der Waals surface area contributed by atoms with Crippen molar-refractivity contribution < 1.29 is 19.8 Å². The third kappa shape index (κ3) is 5.33. The number of unbranched alkanes of at least 4 members (excludes halogenated alkanes) is 3. The van der Waals surface area contributed by atoms with Gasteiger partial charge in [0.2, 0.25) is 0 Å². The van der Waals surface area contributed by atoms with Gasteiger partial charge in [-0.25, -0.2) is 9.59 Å². The van der Waals surface area contributed by atoms with Crippen molar-refractivity contribution in [3.8, 4) is 0 Å². The summed E-state index contributed by atoms with van der Waals surface area (Å²) in [4.78, 5) is 23.7. The van der Waals surface area contributed by atoms with Crippen LogP contribution in [0.25, 0.3) is 0 Å². The maximum atomic E-state index is 11.8. The van der Waals surface area contributed by atoms with E-state index < -0.39 is 22.9 Å². The largest absolute Gasteiger partial charge is 0.477 e. The van der Waals surface area contributed by atoms with Gasteiger partial charge in [0.1, 0.15) is 5.57 Å². The number of carboxylic acid groups (broad SMARTS) is 2. The van der Waals surface area contributed by atoms with E-state index in [4.69, 9.17) is 0 Å². The van der Waals surface area contributed by atoms with Crippen LogP contribution in [0, 0.1) is 11.3 Å². The minimum Gasteiger partial charge on any atom is -0.477 e. The molecule has 0 radical (unpaired) electrons. The highest BCUT2D eigenvalue weighted by Crippen LogP contribution is 2.49. The molecule has 4 heteroatoms. The average Bonchev–Trinajstić information content (AvgIpc) is 2.61. The summed E-state index contributed by atoms with van der Waals surface area (Å²) in [6.45, 7) is 6.30. The molecular weight excluding hydrogens is 328 g/mol. The van der Waals surface area contributed by atoms with Gasteiger partial charge >= 0.3 is 11.9 Å². The predicted octanol–water partition coefficient (Wildman–Crippen LogP) is 5.75. The molecule has 0 bridgehead atoms. The van der Waals surface area contributed by atoms with Crippen molar-refractivity contribution >= 4 is 11.9 Å². The molecule has 26 heavy (non-hydrogen) atoms. The first-order valence-electron chi connectivity index (χ1n) is 10.0. The van der Waals surface area contributed by atoms with Crippen LogP contribution >= 0.6 is 0 Å². The van der Waals surface area contributed by atoms with Crippen molar-refractivity contribution in [3.63, 3.8) is 0 Å². The number of carboxylic acids is 2. The highest BCUT2D eigenvalue weighted by atomic mass is 16.4. The van der Waals surface area contributed by atoms with Crippen LogP contribution in [0.15, 0.2) is 35.5 Å². The van der Waals surface area contributed by atoms with E-state index in [1.807, 2.05) is 19.1 Å². The van der Waals surface area contributed by atoms with Gasteiger partial charge in [-0.05, 0) is 37.2 Å². The molecular formula is C22H34O4. The molecule has 0 amide bonds. The van der Waals surface area contributed by atoms with Crippen LogP contribution in [0.4, 0.5) is 0 Å². The minimum atomic E-state index is -1.32. The molecule has 0 saturated carbocycles. The zero-order chi connectivity index (χ0) is 19.6. The van der Waals surface area contributed by atoms with Crippen molar-refractivity contribution in [2.24, 2.45) is 11.3 Å². The van der Waals surface area contributed by atoms with Crippen LogP contribution in [0.5, 0.6) is 0 Å². The Balaban J connectivity index is 3.58. The van der Waals surface area contributed by atoms with Crippen molar-refractivity contribution in [1.82, 2.24) is 0 Å². The van der Waals surface area contributed by atoms with Crippen molar-refractivity contribution in [2.75, 3.05) is 0 Å². The van der Waals surface area contributed by atoms with E-state index >= 15 is 0 Å². The molecule has 0 saturated heterocycles. The summed E-state index contributed by atoms with van der Waals surface area (Å²) in [6.07, 6.45) is 16.2. The first-order valence-corrected chi connectivity index (χ1v) is 10.0.